The van der Waals surface area contributed by atoms with Crippen LogP contribution < -0.4 is 26.7 Å². The van der Waals surface area contributed by atoms with Gasteiger partial charge in [-0.15, -0.1) is 0 Å². The fourth-order valence-electron chi connectivity index (χ4n) is 3.45. The molecule has 0 saturated heterocycles. The van der Waals surface area contributed by atoms with E-state index in [1.165, 1.54) is 0 Å². The fourth-order valence-corrected chi connectivity index (χ4v) is 3.45. The normalized spacial score (nSPS) is 11.0. The van der Waals surface area contributed by atoms with Crippen LogP contribution in [0, 0.1) is 0 Å². The molecule has 154 valence electrons. The average Bonchev–Trinajstić information content (AvgIpc) is 3.15. The summed E-state index contributed by atoms with van der Waals surface area (Å²) in [6.07, 6.45) is 2.74. The lowest BCUT2D eigenvalue weighted by atomic mass is 10.0. The van der Waals surface area contributed by atoms with E-state index in [2.05, 4.69) is 9.97 Å². The van der Waals surface area contributed by atoms with Gasteiger partial charge in [0.15, 0.2) is 11.3 Å². The Morgan fingerprint density at radius 2 is 1.70 bits per heavy atom. The molecule has 0 bridgehead atoms. The first kappa shape index (κ1) is 19.4. The number of nitrogens with zero attached hydrogens (tertiary/aromatic N) is 2. The summed E-state index contributed by atoms with van der Waals surface area (Å²) in [6, 6.07) is 11.6. The highest BCUT2D eigenvalue weighted by Crippen LogP contribution is 2.41. The number of nitrogen functional groups attached to an aromatic ring is 3. The Hall–Kier alpha value is -3.94. The number of methoxy groups -OCH3 is 2. The molecule has 4 aromatic rings. The second-order valence-corrected chi connectivity index (χ2v) is 6.96. The summed E-state index contributed by atoms with van der Waals surface area (Å²) in [7, 11) is 3.18. The number of hydrogen-bond donors (Lipinski definition) is 3. The molecule has 0 saturated carbocycles. The van der Waals surface area contributed by atoms with E-state index in [1.807, 2.05) is 36.4 Å². The van der Waals surface area contributed by atoms with Crippen LogP contribution in [0.25, 0.3) is 11.0 Å². The van der Waals surface area contributed by atoms with Crippen molar-refractivity contribution in [2.24, 2.45) is 0 Å². The summed E-state index contributed by atoms with van der Waals surface area (Å²) in [5.41, 5.74) is 21.6. The van der Waals surface area contributed by atoms with E-state index in [-0.39, 0.29) is 5.95 Å². The topological polar surface area (TPSA) is 135 Å². The minimum absolute atomic E-state index is 0.141. The molecular formula is C22H23N5O3. The number of benzene rings is 2. The summed E-state index contributed by atoms with van der Waals surface area (Å²) >= 11 is 0. The Balaban J connectivity index is 1.80. The van der Waals surface area contributed by atoms with Crippen LogP contribution in [0.4, 0.5) is 17.5 Å². The predicted octanol–water partition coefficient (Wildman–Crippen LogP) is 3.17. The summed E-state index contributed by atoms with van der Waals surface area (Å²) < 4.78 is 17.3. The van der Waals surface area contributed by atoms with Gasteiger partial charge in [-0.05, 0) is 35.4 Å². The van der Waals surface area contributed by atoms with Gasteiger partial charge in [0, 0.05) is 35.7 Å². The first-order valence-corrected chi connectivity index (χ1v) is 9.36. The number of furan rings is 1. The Bertz CT molecular complexity index is 1200. The zero-order valence-corrected chi connectivity index (χ0v) is 16.8. The van der Waals surface area contributed by atoms with Gasteiger partial charge >= 0.3 is 0 Å². The van der Waals surface area contributed by atoms with Crippen molar-refractivity contribution in [1.82, 2.24) is 9.97 Å². The lowest BCUT2D eigenvalue weighted by Crippen LogP contribution is -2.04. The zero-order valence-electron chi connectivity index (χ0n) is 16.8. The molecule has 0 spiro atoms. The zero-order chi connectivity index (χ0) is 21.3. The number of aromatic nitrogens is 2. The molecule has 0 fully saturated rings. The van der Waals surface area contributed by atoms with Crippen LogP contribution in [0.1, 0.15) is 22.5 Å². The van der Waals surface area contributed by atoms with Gasteiger partial charge < -0.3 is 31.1 Å². The lowest BCUT2D eigenvalue weighted by molar-refractivity contribution is 0.352. The van der Waals surface area contributed by atoms with Crippen molar-refractivity contribution in [1.29, 1.82) is 0 Å². The maximum atomic E-state index is 6.18. The molecule has 2 aromatic carbocycles. The van der Waals surface area contributed by atoms with Gasteiger partial charge in [0.1, 0.15) is 11.6 Å². The van der Waals surface area contributed by atoms with Gasteiger partial charge in [-0.1, -0.05) is 12.1 Å². The van der Waals surface area contributed by atoms with Crippen LogP contribution in [0.2, 0.25) is 0 Å². The number of nitrogens with two attached hydrogens (primary N) is 3. The molecule has 0 amide bonds. The number of ether oxygens (including phenoxy) is 2. The number of fused-ring (bicyclic) bond motifs is 1. The minimum atomic E-state index is 0.141. The van der Waals surface area contributed by atoms with Crippen molar-refractivity contribution in [3.63, 3.8) is 0 Å². The van der Waals surface area contributed by atoms with Crippen molar-refractivity contribution < 1.29 is 13.9 Å². The number of rotatable bonds is 6. The highest BCUT2D eigenvalue weighted by molar-refractivity contribution is 5.90. The molecule has 0 aliphatic rings. The van der Waals surface area contributed by atoms with Gasteiger partial charge in [0.2, 0.25) is 11.7 Å². The van der Waals surface area contributed by atoms with E-state index < -0.39 is 0 Å². The largest absolute Gasteiger partial charge is 0.493 e. The molecule has 0 unspecified atom stereocenters. The van der Waals surface area contributed by atoms with E-state index >= 15 is 0 Å². The molecule has 30 heavy (non-hydrogen) atoms. The molecule has 8 nitrogen and oxygen atoms in total. The quantitative estimate of drug-likeness (QED) is 0.416. The van der Waals surface area contributed by atoms with E-state index in [0.717, 1.165) is 33.5 Å². The predicted molar refractivity (Wildman–Crippen MR) is 117 cm³/mol. The van der Waals surface area contributed by atoms with E-state index in [4.69, 9.17) is 31.1 Å². The highest BCUT2D eigenvalue weighted by Gasteiger charge is 2.20. The average molecular weight is 405 g/mol. The molecule has 0 radical (unpaired) electrons. The summed E-state index contributed by atoms with van der Waals surface area (Å²) in [5, 5.41) is 0.911. The summed E-state index contributed by atoms with van der Waals surface area (Å²) in [4.78, 5) is 8.11. The van der Waals surface area contributed by atoms with Crippen LogP contribution in [-0.2, 0) is 12.8 Å². The molecule has 2 aromatic heterocycles. The van der Waals surface area contributed by atoms with E-state index in [0.29, 0.717) is 35.7 Å². The molecular weight excluding hydrogens is 382 g/mol. The SMILES string of the molecule is COc1cc(Cc2cnc(N)nc2N)c2cc(Cc3ccc(N)cc3)oc2c1OC. The Morgan fingerprint density at radius 1 is 0.933 bits per heavy atom. The van der Waals surface area contributed by atoms with Crippen molar-refractivity contribution >= 4 is 28.4 Å². The van der Waals surface area contributed by atoms with Crippen LogP contribution >= 0.6 is 0 Å². The van der Waals surface area contributed by atoms with E-state index in [1.54, 1.807) is 20.4 Å². The monoisotopic (exact) mass is 405 g/mol. The van der Waals surface area contributed by atoms with Crippen LogP contribution in [0.5, 0.6) is 11.5 Å². The molecule has 8 heteroatoms. The number of hydrogen-bond acceptors (Lipinski definition) is 8. The maximum Gasteiger partial charge on any atom is 0.221 e. The third-order valence-corrected chi connectivity index (χ3v) is 4.94. The Kier molecular flexibility index (Phi) is 5.05. The van der Waals surface area contributed by atoms with Gasteiger partial charge in [-0.2, -0.15) is 4.98 Å². The van der Waals surface area contributed by atoms with Gasteiger partial charge in [0.05, 0.1) is 14.2 Å². The maximum absolute atomic E-state index is 6.18. The summed E-state index contributed by atoms with van der Waals surface area (Å²) in [6.45, 7) is 0. The van der Waals surface area contributed by atoms with Crippen molar-refractivity contribution in [3.05, 3.63) is 65.0 Å². The molecule has 0 aliphatic heterocycles. The first-order valence-electron chi connectivity index (χ1n) is 9.36. The van der Waals surface area contributed by atoms with Gasteiger partial charge in [-0.3, -0.25) is 0 Å². The second-order valence-electron chi connectivity index (χ2n) is 6.96. The molecule has 0 atom stereocenters. The van der Waals surface area contributed by atoms with E-state index in [9.17, 15) is 0 Å². The van der Waals surface area contributed by atoms with Crippen molar-refractivity contribution in [2.45, 2.75) is 12.8 Å². The molecule has 2 heterocycles. The van der Waals surface area contributed by atoms with Crippen LogP contribution in [0.3, 0.4) is 0 Å². The van der Waals surface area contributed by atoms with Crippen molar-refractivity contribution in [3.8, 4) is 11.5 Å². The van der Waals surface area contributed by atoms with Gasteiger partial charge in [-0.25, -0.2) is 4.98 Å². The second kappa shape index (κ2) is 7.82. The van der Waals surface area contributed by atoms with Crippen molar-refractivity contribution in [2.75, 3.05) is 31.4 Å². The fraction of sp³-hybridized carbons (Fsp3) is 0.182. The smallest absolute Gasteiger partial charge is 0.221 e. The van der Waals surface area contributed by atoms with Gasteiger partial charge in [0.25, 0.3) is 0 Å². The van der Waals surface area contributed by atoms with Crippen LogP contribution in [0.15, 0.2) is 47.0 Å². The third-order valence-electron chi connectivity index (χ3n) is 4.94. The first-order chi connectivity index (χ1) is 14.5. The summed E-state index contributed by atoms with van der Waals surface area (Å²) in [5.74, 6) is 2.40. The minimum Gasteiger partial charge on any atom is -0.493 e. The van der Waals surface area contributed by atoms with Crippen LogP contribution in [-0.4, -0.2) is 24.2 Å². The molecule has 6 N–H and O–H groups in total. The molecule has 0 aliphatic carbocycles. The number of anilines is 3. The Morgan fingerprint density at radius 3 is 2.37 bits per heavy atom. The lowest BCUT2D eigenvalue weighted by Gasteiger charge is -2.12. The molecule has 4 rings (SSSR count). The Labute approximate surface area is 173 Å². The third kappa shape index (κ3) is 3.67. The highest BCUT2D eigenvalue weighted by atomic mass is 16.5. The standard InChI is InChI=1S/C22H23N5O3/c1-28-18-9-13(8-14-11-26-22(25)27-21(14)24)17-10-16(30-19(17)20(18)29-2)7-12-3-5-15(23)6-4-12/h3-6,9-11H,7-8,23H2,1-2H3,(H4,24,25,26,27).